The predicted molar refractivity (Wildman–Crippen MR) is 79.7 cm³/mol. The summed E-state index contributed by atoms with van der Waals surface area (Å²) in [5.41, 5.74) is 2.11. The Morgan fingerprint density at radius 2 is 1.76 bits per heavy atom. The van der Waals surface area contributed by atoms with Gasteiger partial charge >= 0.3 is 0 Å². The number of aromatic hydroxyl groups is 1. The van der Waals surface area contributed by atoms with Gasteiger partial charge in [-0.05, 0) is 24.6 Å². The Morgan fingerprint density at radius 3 is 2.29 bits per heavy atom. The van der Waals surface area contributed by atoms with Crippen molar-refractivity contribution in [2.24, 2.45) is 0 Å². The maximum Gasteiger partial charge on any atom is 0.200 e. The first-order valence-corrected chi connectivity index (χ1v) is 6.83. The van der Waals surface area contributed by atoms with Crippen LogP contribution in [0.3, 0.4) is 0 Å². The van der Waals surface area contributed by atoms with Gasteiger partial charge < -0.3 is 19.9 Å². The molecule has 114 valence electrons. The van der Waals surface area contributed by atoms with Crippen LogP contribution >= 0.6 is 0 Å². The fourth-order valence-electron chi connectivity index (χ4n) is 2.07. The molecule has 0 spiro atoms. The first-order chi connectivity index (χ1) is 10.2. The molecule has 0 saturated carbocycles. The number of benzene rings is 1. The van der Waals surface area contributed by atoms with Gasteiger partial charge in [0.15, 0.2) is 11.5 Å². The van der Waals surface area contributed by atoms with Crippen LogP contribution in [0, 0.1) is 0 Å². The van der Waals surface area contributed by atoms with Gasteiger partial charge in [-0.3, -0.25) is 4.68 Å². The van der Waals surface area contributed by atoms with Crippen molar-refractivity contribution in [3.05, 3.63) is 35.7 Å². The molecule has 1 aromatic carbocycles. The molecule has 2 aromatic rings. The van der Waals surface area contributed by atoms with E-state index in [-0.39, 0.29) is 5.75 Å². The largest absolute Gasteiger partial charge is 0.502 e. The second-order valence-electron chi connectivity index (χ2n) is 4.66. The maximum atomic E-state index is 9.87. The lowest BCUT2D eigenvalue weighted by Gasteiger charge is -2.11. The van der Waals surface area contributed by atoms with Gasteiger partial charge in [-0.2, -0.15) is 5.10 Å². The molecule has 21 heavy (non-hydrogen) atoms. The predicted octanol–water partition coefficient (Wildman–Crippen LogP) is 1.92. The molecule has 1 aromatic heterocycles. The van der Waals surface area contributed by atoms with Crippen molar-refractivity contribution >= 4 is 0 Å². The van der Waals surface area contributed by atoms with Crippen LogP contribution in [-0.2, 0) is 19.6 Å². The molecule has 6 nitrogen and oxygen atoms in total. The second-order valence-corrected chi connectivity index (χ2v) is 4.66. The Morgan fingerprint density at radius 1 is 1.14 bits per heavy atom. The molecular formula is C15H21N3O3. The minimum absolute atomic E-state index is 0.0213. The standard InChI is InChI=1S/C15H21N3O3/c1-4-18-10-12(9-17-18)8-16-7-11-5-13(20-2)15(19)14(6-11)21-3/h5-6,9-10,16,19H,4,7-8H2,1-3H3. The van der Waals surface area contributed by atoms with E-state index in [0.717, 1.165) is 24.2 Å². The number of aryl methyl sites for hydroxylation is 1. The third kappa shape index (κ3) is 3.66. The maximum absolute atomic E-state index is 9.87. The zero-order valence-electron chi connectivity index (χ0n) is 12.6. The highest BCUT2D eigenvalue weighted by molar-refractivity contribution is 5.52. The fourth-order valence-corrected chi connectivity index (χ4v) is 2.07. The molecule has 0 amide bonds. The first-order valence-electron chi connectivity index (χ1n) is 6.83. The number of hydrogen-bond donors (Lipinski definition) is 2. The molecule has 0 fully saturated rings. The van der Waals surface area contributed by atoms with Crippen molar-refractivity contribution in [3.63, 3.8) is 0 Å². The van der Waals surface area contributed by atoms with Crippen molar-refractivity contribution < 1.29 is 14.6 Å². The molecule has 0 saturated heterocycles. The van der Waals surface area contributed by atoms with E-state index in [0.29, 0.717) is 18.0 Å². The molecular weight excluding hydrogens is 270 g/mol. The summed E-state index contributed by atoms with van der Waals surface area (Å²) in [5.74, 6) is 0.836. The van der Waals surface area contributed by atoms with Crippen LogP contribution in [0.5, 0.6) is 17.2 Å². The minimum atomic E-state index is 0.0213. The van der Waals surface area contributed by atoms with Crippen molar-refractivity contribution in [1.82, 2.24) is 15.1 Å². The van der Waals surface area contributed by atoms with E-state index in [1.807, 2.05) is 17.1 Å². The lowest BCUT2D eigenvalue weighted by molar-refractivity contribution is 0.339. The quantitative estimate of drug-likeness (QED) is 0.815. The molecule has 0 aliphatic heterocycles. The number of nitrogens with zero attached hydrogens (tertiary/aromatic N) is 2. The Labute approximate surface area is 124 Å². The summed E-state index contributed by atoms with van der Waals surface area (Å²) in [5, 5.41) is 17.4. The van der Waals surface area contributed by atoms with Crippen LogP contribution in [0.15, 0.2) is 24.5 Å². The monoisotopic (exact) mass is 291 g/mol. The van der Waals surface area contributed by atoms with Gasteiger partial charge in [-0.1, -0.05) is 0 Å². The number of nitrogens with one attached hydrogen (secondary N) is 1. The van der Waals surface area contributed by atoms with Gasteiger partial charge in [0.2, 0.25) is 5.75 Å². The van der Waals surface area contributed by atoms with E-state index >= 15 is 0 Å². The third-order valence-electron chi connectivity index (χ3n) is 3.21. The molecule has 0 aliphatic rings. The molecule has 1 heterocycles. The Balaban J connectivity index is 1.99. The Bertz CT molecular complexity index is 571. The van der Waals surface area contributed by atoms with E-state index in [2.05, 4.69) is 17.3 Å². The highest BCUT2D eigenvalue weighted by Gasteiger charge is 2.10. The smallest absolute Gasteiger partial charge is 0.200 e. The number of rotatable bonds is 7. The van der Waals surface area contributed by atoms with Crippen LogP contribution in [-0.4, -0.2) is 29.1 Å². The van der Waals surface area contributed by atoms with Gasteiger partial charge in [0, 0.05) is 31.4 Å². The summed E-state index contributed by atoms with van der Waals surface area (Å²) in [6, 6.07) is 3.58. The number of ether oxygens (including phenoxy) is 2. The van der Waals surface area contributed by atoms with Crippen molar-refractivity contribution in [2.75, 3.05) is 14.2 Å². The van der Waals surface area contributed by atoms with Crippen LogP contribution in [0.4, 0.5) is 0 Å². The first kappa shape index (κ1) is 15.2. The van der Waals surface area contributed by atoms with E-state index < -0.39 is 0 Å². The number of hydrogen-bond acceptors (Lipinski definition) is 5. The van der Waals surface area contributed by atoms with Gasteiger partial charge in [0.05, 0.1) is 20.4 Å². The lowest BCUT2D eigenvalue weighted by atomic mass is 10.1. The summed E-state index contributed by atoms with van der Waals surface area (Å²) >= 11 is 0. The SMILES string of the molecule is CCn1cc(CNCc2cc(OC)c(O)c(OC)c2)cn1. The van der Waals surface area contributed by atoms with Gasteiger partial charge in [-0.25, -0.2) is 0 Å². The van der Waals surface area contributed by atoms with Crippen LogP contribution in [0.2, 0.25) is 0 Å². The molecule has 6 heteroatoms. The van der Waals surface area contributed by atoms with Gasteiger partial charge in [0.25, 0.3) is 0 Å². The van der Waals surface area contributed by atoms with Crippen molar-refractivity contribution in [3.8, 4) is 17.2 Å². The highest BCUT2D eigenvalue weighted by atomic mass is 16.5. The minimum Gasteiger partial charge on any atom is -0.502 e. The topological polar surface area (TPSA) is 68.5 Å². The summed E-state index contributed by atoms with van der Waals surface area (Å²) in [4.78, 5) is 0. The summed E-state index contributed by atoms with van der Waals surface area (Å²) in [7, 11) is 3.04. The van der Waals surface area contributed by atoms with E-state index in [9.17, 15) is 5.11 Å². The van der Waals surface area contributed by atoms with Crippen molar-refractivity contribution in [1.29, 1.82) is 0 Å². The van der Waals surface area contributed by atoms with Crippen molar-refractivity contribution in [2.45, 2.75) is 26.6 Å². The van der Waals surface area contributed by atoms with Gasteiger partial charge in [-0.15, -0.1) is 0 Å². The fraction of sp³-hybridized carbons (Fsp3) is 0.400. The van der Waals surface area contributed by atoms with Crippen LogP contribution < -0.4 is 14.8 Å². The summed E-state index contributed by atoms with van der Waals surface area (Å²) < 4.78 is 12.2. The molecule has 0 atom stereocenters. The normalized spacial score (nSPS) is 10.6. The van der Waals surface area contributed by atoms with E-state index in [4.69, 9.17) is 9.47 Å². The lowest BCUT2D eigenvalue weighted by Crippen LogP contribution is -2.12. The Hall–Kier alpha value is -2.21. The summed E-state index contributed by atoms with van der Waals surface area (Å²) in [6.07, 6.45) is 3.87. The molecule has 0 unspecified atom stereocenters. The van der Waals surface area contributed by atoms with E-state index in [1.165, 1.54) is 14.2 Å². The number of phenolic OH excluding ortho intramolecular Hbond substituents is 1. The summed E-state index contributed by atoms with van der Waals surface area (Å²) in [6.45, 7) is 4.29. The second kappa shape index (κ2) is 6.99. The molecule has 0 aliphatic carbocycles. The Kier molecular flexibility index (Phi) is 5.05. The number of phenols is 1. The molecule has 0 bridgehead atoms. The van der Waals surface area contributed by atoms with Gasteiger partial charge in [0.1, 0.15) is 0 Å². The highest BCUT2D eigenvalue weighted by Crippen LogP contribution is 2.36. The molecule has 2 rings (SSSR count). The number of methoxy groups -OCH3 is 2. The zero-order valence-corrected chi connectivity index (χ0v) is 12.6. The molecule has 0 radical (unpaired) electrons. The molecule has 2 N–H and O–H groups in total. The third-order valence-corrected chi connectivity index (χ3v) is 3.21. The van der Waals surface area contributed by atoms with Crippen LogP contribution in [0.25, 0.3) is 0 Å². The van der Waals surface area contributed by atoms with E-state index in [1.54, 1.807) is 12.1 Å². The average Bonchev–Trinajstić information content (AvgIpc) is 2.96. The zero-order chi connectivity index (χ0) is 15.2. The average molecular weight is 291 g/mol. The number of aromatic nitrogens is 2. The van der Waals surface area contributed by atoms with Crippen LogP contribution in [0.1, 0.15) is 18.1 Å².